The van der Waals surface area contributed by atoms with Gasteiger partial charge < -0.3 is 4.57 Å². The fourth-order valence-corrected chi connectivity index (χ4v) is 3.77. The summed E-state index contributed by atoms with van der Waals surface area (Å²) in [6.45, 7) is 3.90. The van der Waals surface area contributed by atoms with Crippen molar-refractivity contribution in [1.82, 2.24) is 14.5 Å². The first-order valence-corrected chi connectivity index (χ1v) is 8.82. The standard InChI is InChI=1S/C17H19N5S/c1-2-7-21(6-1)13-19-20-15-9-16(23-12-15)11-22-8-4-14-10-18-5-3-17(14)22/h3-5,8-10,12H,1-2,6-7,11,13H2. The number of azo groups is 1. The van der Waals surface area contributed by atoms with E-state index in [0.29, 0.717) is 0 Å². The van der Waals surface area contributed by atoms with Crippen molar-refractivity contribution >= 4 is 27.9 Å². The van der Waals surface area contributed by atoms with Gasteiger partial charge in [0.2, 0.25) is 0 Å². The molecule has 0 unspecified atom stereocenters. The number of pyridine rings is 1. The van der Waals surface area contributed by atoms with Gasteiger partial charge in [-0.2, -0.15) is 10.2 Å². The van der Waals surface area contributed by atoms with Gasteiger partial charge in [0.25, 0.3) is 0 Å². The van der Waals surface area contributed by atoms with Crippen LogP contribution in [0.5, 0.6) is 0 Å². The molecule has 0 spiro atoms. The lowest BCUT2D eigenvalue weighted by atomic mass is 10.3. The third-order valence-electron chi connectivity index (χ3n) is 4.19. The fourth-order valence-electron chi connectivity index (χ4n) is 2.98. The van der Waals surface area contributed by atoms with E-state index >= 15 is 0 Å². The molecule has 1 aliphatic rings. The van der Waals surface area contributed by atoms with Crippen LogP contribution in [0.15, 0.2) is 52.4 Å². The highest BCUT2D eigenvalue weighted by atomic mass is 32.1. The van der Waals surface area contributed by atoms with Crippen LogP contribution in [0.1, 0.15) is 17.7 Å². The number of rotatable bonds is 5. The summed E-state index contributed by atoms with van der Waals surface area (Å²) in [5.41, 5.74) is 2.17. The number of hydrogen-bond donors (Lipinski definition) is 0. The van der Waals surface area contributed by atoms with Crippen LogP contribution in [-0.2, 0) is 6.54 Å². The Labute approximate surface area is 139 Å². The molecule has 23 heavy (non-hydrogen) atoms. The van der Waals surface area contributed by atoms with Crippen molar-refractivity contribution in [3.8, 4) is 0 Å². The summed E-state index contributed by atoms with van der Waals surface area (Å²) in [7, 11) is 0. The van der Waals surface area contributed by atoms with Crippen molar-refractivity contribution in [3.05, 3.63) is 47.0 Å². The highest BCUT2D eigenvalue weighted by Gasteiger charge is 2.10. The summed E-state index contributed by atoms with van der Waals surface area (Å²) < 4.78 is 2.24. The fraction of sp³-hybridized carbons (Fsp3) is 0.353. The average Bonchev–Trinajstić information content (AvgIpc) is 3.30. The van der Waals surface area contributed by atoms with Crippen LogP contribution < -0.4 is 0 Å². The highest BCUT2D eigenvalue weighted by molar-refractivity contribution is 7.10. The zero-order valence-electron chi connectivity index (χ0n) is 12.9. The minimum Gasteiger partial charge on any atom is -0.342 e. The minimum absolute atomic E-state index is 0.723. The first-order chi connectivity index (χ1) is 11.4. The zero-order valence-corrected chi connectivity index (χ0v) is 13.7. The quantitative estimate of drug-likeness (QED) is 0.657. The molecule has 0 radical (unpaired) electrons. The summed E-state index contributed by atoms with van der Waals surface area (Å²) in [6.07, 6.45) is 8.43. The summed E-state index contributed by atoms with van der Waals surface area (Å²) in [5, 5.41) is 11.9. The molecule has 5 nitrogen and oxygen atoms in total. The van der Waals surface area contributed by atoms with Gasteiger partial charge in [-0.25, -0.2) is 0 Å². The molecule has 1 saturated heterocycles. The molecular weight excluding hydrogens is 306 g/mol. The monoisotopic (exact) mass is 325 g/mol. The molecule has 3 aromatic rings. The molecule has 0 aromatic carbocycles. The molecule has 1 aliphatic heterocycles. The van der Waals surface area contributed by atoms with Gasteiger partial charge in [-0.15, -0.1) is 11.3 Å². The Morgan fingerprint density at radius 3 is 3.04 bits per heavy atom. The molecule has 3 aromatic heterocycles. The number of hydrogen-bond acceptors (Lipinski definition) is 5. The molecule has 0 aliphatic carbocycles. The SMILES string of the molecule is c1cc2c(ccn2Cc2cc(N=NCN3CCCC3)cs2)cn1. The highest BCUT2D eigenvalue weighted by Crippen LogP contribution is 2.25. The smallest absolute Gasteiger partial charge is 0.113 e. The Hall–Kier alpha value is -2.05. The van der Waals surface area contributed by atoms with Crippen molar-refractivity contribution < 1.29 is 0 Å². The third-order valence-corrected chi connectivity index (χ3v) is 5.09. The topological polar surface area (TPSA) is 45.8 Å². The first kappa shape index (κ1) is 14.5. The van der Waals surface area contributed by atoms with Gasteiger partial charge >= 0.3 is 0 Å². The maximum absolute atomic E-state index is 4.36. The number of nitrogens with zero attached hydrogens (tertiary/aromatic N) is 5. The zero-order chi connectivity index (χ0) is 15.5. The van der Waals surface area contributed by atoms with Gasteiger partial charge in [0.1, 0.15) is 6.67 Å². The van der Waals surface area contributed by atoms with E-state index in [4.69, 9.17) is 0 Å². The second-order valence-corrected chi connectivity index (χ2v) is 6.85. The largest absolute Gasteiger partial charge is 0.342 e. The van der Waals surface area contributed by atoms with E-state index < -0.39 is 0 Å². The molecule has 0 atom stereocenters. The number of fused-ring (bicyclic) bond motifs is 1. The van der Waals surface area contributed by atoms with Crippen molar-refractivity contribution in [1.29, 1.82) is 0 Å². The van der Waals surface area contributed by atoms with Crippen molar-refractivity contribution in [3.63, 3.8) is 0 Å². The van der Waals surface area contributed by atoms with Crippen molar-refractivity contribution in [2.24, 2.45) is 10.2 Å². The van der Waals surface area contributed by atoms with Gasteiger partial charge in [0, 0.05) is 34.2 Å². The number of aromatic nitrogens is 2. The van der Waals surface area contributed by atoms with Crippen LogP contribution in [0.3, 0.4) is 0 Å². The van der Waals surface area contributed by atoms with E-state index in [0.717, 1.165) is 32.0 Å². The molecule has 118 valence electrons. The van der Waals surface area contributed by atoms with Gasteiger partial charge in [-0.3, -0.25) is 9.88 Å². The second kappa shape index (κ2) is 6.60. The minimum atomic E-state index is 0.723. The van der Waals surface area contributed by atoms with Crippen molar-refractivity contribution in [2.45, 2.75) is 19.4 Å². The number of thiophene rings is 1. The molecule has 6 heteroatoms. The van der Waals surface area contributed by atoms with Crippen LogP contribution in [0.2, 0.25) is 0 Å². The maximum Gasteiger partial charge on any atom is 0.113 e. The van der Waals surface area contributed by atoms with E-state index in [9.17, 15) is 0 Å². The summed E-state index contributed by atoms with van der Waals surface area (Å²) >= 11 is 1.74. The first-order valence-electron chi connectivity index (χ1n) is 7.95. The molecule has 4 rings (SSSR count). The Bertz CT molecular complexity index is 813. The third kappa shape index (κ3) is 3.33. The summed E-state index contributed by atoms with van der Waals surface area (Å²) in [4.78, 5) is 7.79. The van der Waals surface area contributed by atoms with E-state index in [1.807, 2.05) is 12.4 Å². The van der Waals surface area contributed by atoms with Crippen LogP contribution in [-0.4, -0.2) is 34.2 Å². The molecule has 4 heterocycles. The van der Waals surface area contributed by atoms with Gasteiger partial charge in [-0.05, 0) is 44.1 Å². The van der Waals surface area contributed by atoms with Gasteiger partial charge in [0.15, 0.2) is 0 Å². The molecule has 0 N–H and O–H groups in total. The lowest BCUT2D eigenvalue weighted by Gasteiger charge is -2.08. The van der Waals surface area contributed by atoms with E-state index in [1.54, 1.807) is 11.3 Å². The van der Waals surface area contributed by atoms with Crippen LogP contribution in [0.25, 0.3) is 10.9 Å². The lowest BCUT2D eigenvalue weighted by molar-refractivity contribution is 0.345. The predicted octanol–water partition coefficient (Wildman–Crippen LogP) is 4.28. The molecule has 0 bridgehead atoms. The Balaban J connectivity index is 1.42. The van der Waals surface area contributed by atoms with Crippen LogP contribution >= 0.6 is 11.3 Å². The van der Waals surface area contributed by atoms with Gasteiger partial charge in [0.05, 0.1) is 17.7 Å². The van der Waals surface area contributed by atoms with Crippen LogP contribution in [0, 0.1) is 0 Å². The summed E-state index contributed by atoms with van der Waals surface area (Å²) in [5.74, 6) is 0. The predicted molar refractivity (Wildman–Crippen MR) is 93.3 cm³/mol. The Morgan fingerprint density at radius 2 is 2.13 bits per heavy atom. The molecule has 1 fully saturated rings. The van der Waals surface area contributed by atoms with Gasteiger partial charge in [-0.1, -0.05) is 0 Å². The van der Waals surface area contributed by atoms with E-state index in [2.05, 4.69) is 54.5 Å². The maximum atomic E-state index is 4.36. The Morgan fingerprint density at radius 1 is 1.22 bits per heavy atom. The van der Waals surface area contributed by atoms with E-state index in [1.165, 1.54) is 28.6 Å². The van der Waals surface area contributed by atoms with Crippen molar-refractivity contribution in [2.75, 3.05) is 19.8 Å². The van der Waals surface area contributed by atoms with Crippen LogP contribution in [0.4, 0.5) is 5.69 Å². The Kier molecular flexibility index (Phi) is 4.17. The molecule has 0 saturated carbocycles. The molecular formula is C17H19N5S. The second-order valence-electron chi connectivity index (χ2n) is 5.86. The normalized spacial score (nSPS) is 16.0. The average molecular weight is 325 g/mol. The molecule has 0 amide bonds. The lowest BCUT2D eigenvalue weighted by Crippen LogP contribution is -2.18. The van der Waals surface area contributed by atoms with E-state index in [-0.39, 0.29) is 0 Å². The summed E-state index contributed by atoms with van der Waals surface area (Å²) in [6, 6.07) is 6.29. The number of likely N-dealkylation sites (tertiary alicyclic amines) is 1.